The molecule has 7 nitrogen and oxygen atoms in total. The Hall–Kier alpha value is -5.67. The van der Waals surface area contributed by atoms with Crippen LogP contribution in [0, 0.1) is 5.82 Å². The number of nitrogens with one attached hydrogen (secondary N) is 3. The molecule has 0 radical (unpaired) electrons. The SMILES string of the molecule is O=C(CSc1ccc(NC(=O)/C(=C/c2ccc(F)cc2)NC(=O)c2ccccc2)cc1)Nc1ccc(Oc2ccccc2)cc1. The van der Waals surface area contributed by atoms with Crippen LogP contribution < -0.4 is 20.7 Å². The number of thioether (sulfide) groups is 1. The van der Waals surface area contributed by atoms with Gasteiger partial charge in [0.2, 0.25) is 5.91 Å². The maximum atomic E-state index is 13.4. The van der Waals surface area contributed by atoms with Crippen LogP contribution in [0.3, 0.4) is 0 Å². The number of hydrogen-bond acceptors (Lipinski definition) is 5. The van der Waals surface area contributed by atoms with Gasteiger partial charge in [0, 0.05) is 21.8 Å². The van der Waals surface area contributed by atoms with Crippen molar-refractivity contribution in [1.82, 2.24) is 5.32 Å². The highest BCUT2D eigenvalue weighted by atomic mass is 32.2. The molecule has 224 valence electrons. The molecule has 5 aromatic carbocycles. The lowest BCUT2D eigenvalue weighted by Crippen LogP contribution is -2.30. The van der Waals surface area contributed by atoms with Gasteiger partial charge in [-0.3, -0.25) is 14.4 Å². The highest BCUT2D eigenvalue weighted by molar-refractivity contribution is 8.00. The summed E-state index contributed by atoms with van der Waals surface area (Å²) in [7, 11) is 0. The van der Waals surface area contributed by atoms with Gasteiger partial charge in [0.25, 0.3) is 11.8 Å². The van der Waals surface area contributed by atoms with Crippen molar-refractivity contribution in [3.05, 3.63) is 156 Å². The second kappa shape index (κ2) is 15.2. The molecule has 0 saturated heterocycles. The zero-order chi connectivity index (χ0) is 31.4. The number of rotatable bonds is 11. The minimum Gasteiger partial charge on any atom is -0.457 e. The number of halogens is 1. The standard InChI is InChI=1S/C36H28FN3O4S/c37-27-13-11-25(12-14-27)23-33(40-35(42)26-7-3-1-4-8-26)36(43)39-29-17-21-32(22-18-29)45-24-34(41)38-28-15-19-31(20-16-28)44-30-9-5-2-6-10-30/h1-23H,24H2,(H,38,41)(H,39,43)(H,40,42)/b33-23-. The lowest BCUT2D eigenvalue weighted by atomic mass is 10.1. The highest BCUT2D eigenvalue weighted by Crippen LogP contribution is 2.24. The molecule has 0 aliphatic heterocycles. The molecule has 3 amide bonds. The molecule has 0 atom stereocenters. The van der Waals surface area contributed by atoms with Gasteiger partial charge in [-0.15, -0.1) is 11.8 Å². The van der Waals surface area contributed by atoms with Gasteiger partial charge in [-0.2, -0.15) is 0 Å². The molecule has 0 unspecified atom stereocenters. The molecule has 0 aromatic heterocycles. The van der Waals surface area contributed by atoms with Crippen molar-refractivity contribution in [2.45, 2.75) is 4.90 Å². The molecule has 9 heteroatoms. The van der Waals surface area contributed by atoms with Gasteiger partial charge in [0.15, 0.2) is 0 Å². The van der Waals surface area contributed by atoms with E-state index in [1.165, 1.54) is 42.1 Å². The van der Waals surface area contributed by atoms with Crippen molar-refractivity contribution in [1.29, 1.82) is 0 Å². The average molecular weight is 618 g/mol. The normalized spacial score (nSPS) is 10.9. The first-order chi connectivity index (χ1) is 21.9. The van der Waals surface area contributed by atoms with Crippen molar-refractivity contribution < 1.29 is 23.5 Å². The fourth-order valence-electron chi connectivity index (χ4n) is 4.08. The summed E-state index contributed by atoms with van der Waals surface area (Å²) in [6.45, 7) is 0. The smallest absolute Gasteiger partial charge is 0.272 e. The summed E-state index contributed by atoms with van der Waals surface area (Å²) in [5, 5.41) is 8.30. The third kappa shape index (κ3) is 9.41. The first kappa shape index (κ1) is 30.8. The van der Waals surface area contributed by atoms with E-state index >= 15 is 0 Å². The minimum atomic E-state index is -0.552. The van der Waals surface area contributed by atoms with Gasteiger partial charge in [-0.05, 0) is 96.6 Å². The van der Waals surface area contributed by atoms with Crippen LogP contribution in [-0.4, -0.2) is 23.5 Å². The highest BCUT2D eigenvalue weighted by Gasteiger charge is 2.15. The fourth-order valence-corrected chi connectivity index (χ4v) is 4.78. The van der Waals surface area contributed by atoms with Crippen LogP contribution in [0.25, 0.3) is 6.08 Å². The van der Waals surface area contributed by atoms with Gasteiger partial charge in [-0.25, -0.2) is 4.39 Å². The number of amides is 3. The average Bonchev–Trinajstić information content (AvgIpc) is 3.07. The van der Waals surface area contributed by atoms with Crippen LogP contribution >= 0.6 is 11.8 Å². The monoisotopic (exact) mass is 617 g/mol. The van der Waals surface area contributed by atoms with Gasteiger partial charge in [0.05, 0.1) is 5.75 Å². The van der Waals surface area contributed by atoms with Crippen LogP contribution in [-0.2, 0) is 9.59 Å². The van der Waals surface area contributed by atoms with E-state index in [9.17, 15) is 18.8 Å². The van der Waals surface area contributed by atoms with Gasteiger partial charge >= 0.3 is 0 Å². The van der Waals surface area contributed by atoms with Crippen LogP contribution in [0.2, 0.25) is 0 Å². The lowest BCUT2D eigenvalue weighted by Gasteiger charge is -2.12. The Morgan fingerprint density at radius 3 is 1.91 bits per heavy atom. The molecule has 0 saturated carbocycles. The van der Waals surface area contributed by atoms with E-state index in [0.717, 1.165) is 10.6 Å². The molecule has 45 heavy (non-hydrogen) atoms. The molecule has 0 aliphatic carbocycles. The summed E-state index contributed by atoms with van der Waals surface area (Å²) in [6, 6.07) is 37.6. The number of carbonyl (C=O) groups excluding carboxylic acids is 3. The van der Waals surface area contributed by atoms with E-state index in [4.69, 9.17) is 4.74 Å². The maximum Gasteiger partial charge on any atom is 0.272 e. The first-order valence-electron chi connectivity index (χ1n) is 13.9. The van der Waals surface area contributed by atoms with E-state index in [1.807, 2.05) is 30.3 Å². The third-order valence-corrected chi connectivity index (χ3v) is 7.32. The van der Waals surface area contributed by atoms with Gasteiger partial charge in [-0.1, -0.05) is 48.5 Å². The Morgan fingerprint density at radius 2 is 1.24 bits per heavy atom. The second-order valence-corrected chi connectivity index (χ2v) is 10.7. The van der Waals surface area contributed by atoms with E-state index in [2.05, 4.69) is 16.0 Å². The fraction of sp³-hybridized carbons (Fsp3) is 0.0278. The van der Waals surface area contributed by atoms with E-state index < -0.39 is 17.6 Å². The predicted molar refractivity (Wildman–Crippen MR) is 176 cm³/mol. The molecular formula is C36H28FN3O4S. The number of benzene rings is 5. The van der Waals surface area contributed by atoms with Crippen LogP contribution in [0.1, 0.15) is 15.9 Å². The van der Waals surface area contributed by atoms with Gasteiger partial charge < -0.3 is 20.7 Å². The van der Waals surface area contributed by atoms with Crippen molar-refractivity contribution in [2.24, 2.45) is 0 Å². The maximum absolute atomic E-state index is 13.4. The summed E-state index contributed by atoms with van der Waals surface area (Å²) in [5.41, 5.74) is 2.06. The van der Waals surface area contributed by atoms with Gasteiger partial charge in [0.1, 0.15) is 23.0 Å². The van der Waals surface area contributed by atoms with Crippen LogP contribution in [0.5, 0.6) is 11.5 Å². The Balaban J connectivity index is 1.15. The molecule has 0 fully saturated rings. The molecule has 5 aromatic rings. The minimum absolute atomic E-state index is 0.00903. The van der Waals surface area contributed by atoms with Crippen molar-refractivity contribution in [3.63, 3.8) is 0 Å². The number of para-hydroxylation sites is 1. The summed E-state index contributed by atoms with van der Waals surface area (Å²) in [5.74, 6) is -0.0112. The molecule has 3 N–H and O–H groups in total. The third-order valence-electron chi connectivity index (χ3n) is 6.31. The van der Waals surface area contributed by atoms with Crippen molar-refractivity contribution in [2.75, 3.05) is 16.4 Å². The number of carbonyl (C=O) groups is 3. The molecule has 0 bridgehead atoms. The molecular weight excluding hydrogens is 589 g/mol. The summed E-state index contributed by atoms with van der Waals surface area (Å²) < 4.78 is 19.2. The Bertz CT molecular complexity index is 1780. The summed E-state index contributed by atoms with van der Waals surface area (Å²) in [4.78, 5) is 39.4. The summed E-state index contributed by atoms with van der Waals surface area (Å²) >= 11 is 1.35. The van der Waals surface area contributed by atoms with Crippen LogP contribution in [0.4, 0.5) is 15.8 Å². The Labute approximate surface area is 264 Å². The molecule has 0 aliphatic rings. The lowest BCUT2D eigenvalue weighted by molar-refractivity contribution is -0.114. The number of ether oxygens (including phenoxy) is 1. The molecule has 0 spiro atoms. The zero-order valence-corrected chi connectivity index (χ0v) is 24.7. The zero-order valence-electron chi connectivity index (χ0n) is 23.9. The molecule has 5 rings (SSSR count). The predicted octanol–water partition coefficient (Wildman–Crippen LogP) is 7.76. The second-order valence-electron chi connectivity index (χ2n) is 9.68. The summed E-state index contributed by atoms with van der Waals surface area (Å²) in [6.07, 6.45) is 1.47. The largest absolute Gasteiger partial charge is 0.457 e. The number of anilines is 2. The van der Waals surface area contributed by atoms with Crippen molar-refractivity contribution in [3.8, 4) is 11.5 Å². The quantitative estimate of drug-likeness (QED) is 0.104. The Morgan fingerprint density at radius 1 is 0.667 bits per heavy atom. The Kier molecular flexibility index (Phi) is 10.4. The topological polar surface area (TPSA) is 96.5 Å². The van der Waals surface area contributed by atoms with E-state index in [1.54, 1.807) is 78.9 Å². The van der Waals surface area contributed by atoms with Crippen molar-refractivity contribution >= 4 is 46.9 Å². The molecule has 0 heterocycles. The van der Waals surface area contributed by atoms with E-state index in [0.29, 0.717) is 28.3 Å². The number of hydrogen-bond donors (Lipinski definition) is 3. The van der Waals surface area contributed by atoms with Crippen LogP contribution in [0.15, 0.2) is 144 Å². The van der Waals surface area contributed by atoms with E-state index in [-0.39, 0.29) is 17.4 Å². The first-order valence-corrected chi connectivity index (χ1v) is 14.9.